The number of halogens is 2. The van der Waals surface area contributed by atoms with Gasteiger partial charge in [0.25, 0.3) is 5.91 Å². The lowest BCUT2D eigenvalue weighted by molar-refractivity contribution is 0.0162. The van der Waals surface area contributed by atoms with Gasteiger partial charge < -0.3 is 10.1 Å². The minimum atomic E-state index is -0.164. The summed E-state index contributed by atoms with van der Waals surface area (Å²) in [6.45, 7) is 3.53. The van der Waals surface area contributed by atoms with Crippen molar-refractivity contribution in [2.45, 2.75) is 10.9 Å². The van der Waals surface area contributed by atoms with Crippen LogP contribution in [-0.2, 0) is 4.74 Å². The quantitative estimate of drug-likeness (QED) is 0.692. The van der Waals surface area contributed by atoms with Gasteiger partial charge in [-0.1, -0.05) is 35.3 Å². The summed E-state index contributed by atoms with van der Waals surface area (Å²) in [6.07, 6.45) is 1.97. The van der Waals surface area contributed by atoms with Crippen molar-refractivity contribution in [1.29, 1.82) is 0 Å². The number of ether oxygens (including phenoxy) is 1. The summed E-state index contributed by atoms with van der Waals surface area (Å²) in [6, 6.07) is 13.3. The van der Waals surface area contributed by atoms with E-state index in [1.54, 1.807) is 17.8 Å². The summed E-state index contributed by atoms with van der Waals surface area (Å²) in [5.41, 5.74) is 1.62. The van der Waals surface area contributed by atoms with E-state index in [4.69, 9.17) is 27.9 Å². The number of nitrogens with zero attached hydrogens (tertiary/aromatic N) is 1. The number of carbonyl (C=O) groups is 1. The van der Waals surface area contributed by atoms with Crippen molar-refractivity contribution in [3.05, 3.63) is 63.6 Å². The van der Waals surface area contributed by atoms with Gasteiger partial charge in [0.2, 0.25) is 0 Å². The van der Waals surface area contributed by atoms with Gasteiger partial charge in [-0.05, 0) is 42.2 Å². The highest BCUT2D eigenvalue weighted by molar-refractivity contribution is 7.98. The molecule has 1 aliphatic heterocycles. The molecule has 0 aliphatic carbocycles. The van der Waals surface area contributed by atoms with Crippen LogP contribution >= 0.6 is 35.0 Å². The topological polar surface area (TPSA) is 41.6 Å². The molecule has 27 heavy (non-hydrogen) atoms. The molecule has 1 unspecified atom stereocenters. The van der Waals surface area contributed by atoms with Crippen LogP contribution in [0.4, 0.5) is 0 Å². The number of amides is 1. The first-order valence-corrected chi connectivity index (χ1v) is 10.8. The second kappa shape index (κ2) is 9.80. The summed E-state index contributed by atoms with van der Waals surface area (Å²) < 4.78 is 5.47. The first-order chi connectivity index (χ1) is 13.1. The lowest BCUT2D eigenvalue weighted by atomic mass is 10.0. The lowest BCUT2D eigenvalue weighted by Crippen LogP contribution is -2.43. The molecule has 0 aromatic heterocycles. The van der Waals surface area contributed by atoms with Crippen LogP contribution in [0.5, 0.6) is 0 Å². The Morgan fingerprint density at radius 3 is 2.56 bits per heavy atom. The fourth-order valence-electron chi connectivity index (χ4n) is 3.12. The fourth-order valence-corrected chi connectivity index (χ4v) is 3.89. The SMILES string of the molecule is CSc1ccc(Cl)c(C(=O)NCC(c2ccc(Cl)cc2)N2CCOCC2)c1. The maximum atomic E-state index is 12.7. The van der Waals surface area contributed by atoms with Crippen LogP contribution in [0.15, 0.2) is 47.4 Å². The van der Waals surface area contributed by atoms with E-state index < -0.39 is 0 Å². The van der Waals surface area contributed by atoms with Crippen LogP contribution in [0.1, 0.15) is 22.0 Å². The van der Waals surface area contributed by atoms with Crippen molar-refractivity contribution < 1.29 is 9.53 Å². The number of hydrogen-bond acceptors (Lipinski definition) is 4. The van der Waals surface area contributed by atoms with Crippen LogP contribution in [-0.4, -0.2) is 49.9 Å². The number of thioether (sulfide) groups is 1. The molecule has 2 aromatic carbocycles. The van der Waals surface area contributed by atoms with E-state index in [0.717, 1.165) is 23.5 Å². The van der Waals surface area contributed by atoms with Crippen LogP contribution < -0.4 is 5.32 Å². The number of morpholine rings is 1. The van der Waals surface area contributed by atoms with Crippen LogP contribution in [0.2, 0.25) is 10.0 Å². The Labute approximate surface area is 174 Å². The van der Waals surface area contributed by atoms with E-state index in [-0.39, 0.29) is 11.9 Å². The van der Waals surface area contributed by atoms with E-state index in [9.17, 15) is 4.79 Å². The Morgan fingerprint density at radius 1 is 1.19 bits per heavy atom. The molecule has 144 valence electrons. The van der Waals surface area contributed by atoms with Crippen molar-refractivity contribution in [1.82, 2.24) is 10.2 Å². The minimum absolute atomic E-state index is 0.0534. The Bertz CT molecular complexity index is 780. The van der Waals surface area contributed by atoms with Crippen LogP contribution in [0.25, 0.3) is 0 Å². The number of rotatable bonds is 6. The van der Waals surface area contributed by atoms with E-state index >= 15 is 0 Å². The molecule has 2 aromatic rings. The van der Waals surface area contributed by atoms with Gasteiger partial charge >= 0.3 is 0 Å². The Kier molecular flexibility index (Phi) is 7.44. The molecule has 7 heteroatoms. The smallest absolute Gasteiger partial charge is 0.252 e. The van der Waals surface area contributed by atoms with Crippen molar-refractivity contribution in [2.75, 3.05) is 39.1 Å². The van der Waals surface area contributed by atoms with Crippen molar-refractivity contribution >= 4 is 40.9 Å². The number of benzene rings is 2. The molecule has 0 bridgehead atoms. The molecule has 1 fully saturated rings. The molecule has 1 heterocycles. The van der Waals surface area contributed by atoms with Gasteiger partial charge in [-0.3, -0.25) is 9.69 Å². The molecule has 1 atom stereocenters. The molecule has 3 rings (SSSR count). The van der Waals surface area contributed by atoms with E-state index in [1.165, 1.54) is 0 Å². The van der Waals surface area contributed by atoms with Gasteiger partial charge in [0.1, 0.15) is 0 Å². The zero-order chi connectivity index (χ0) is 19.2. The van der Waals surface area contributed by atoms with Gasteiger partial charge in [0, 0.05) is 29.6 Å². The highest BCUT2D eigenvalue weighted by atomic mass is 35.5. The van der Waals surface area contributed by atoms with Gasteiger partial charge in [0.05, 0.1) is 29.8 Å². The normalized spacial score (nSPS) is 16.1. The molecular formula is C20H22Cl2N2O2S. The van der Waals surface area contributed by atoms with Crippen LogP contribution in [0, 0.1) is 0 Å². The maximum absolute atomic E-state index is 12.7. The molecule has 0 radical (unpaired) electrons. The predicted molar refractivity (Wildman–Crippen MR) is 112 cm³/mol. The third-order valence-corrected chi connectivity index (χ3v) is 5.92. The Morgan fingerprint density at radius 2 is 1.89 bits per heavy atom. The predicted octanol–water partition coefficient (Wildman–Crippen LogP) is 4.52. The van der Waals surface area contributed by atoms with Gasteiger partial charge in [-0.15, -0.1) is 11.8 Å². The van der Waals surface area contributed by atoms with E-state index in [0.29, 0.717) is 35.4 Å². The van der Waals surface area contributed by atoms with Gasteiger partial charge in [0.15, 0.2) is 0 Å². The third kappa shape index (κ3) is 5.39. The summed E-state index contributed by atoms with van der Waals surface area (Å²) in [5, 5.41) is 4.21. The van der Waals surface area contributed by atoms with E-state index in [2.05, 4.69) is 10.2 Å². The molecule has 1 N–H and O–H groups in total. The molecule has 1 saturated heterocycles. The average Bonchev–Trinajstić information content (AvgIpc) is 2.70. The molecule has 1 amide bonds. The standard InChI is InChI=1S/C20H22Cl2N2O2S/c1-27-16-6-7-18(22)17(12-16)20(25)23-13-19(24-8-10-26-11-9-24)14-2-4-15(21)5-3-14/h2-7,12,19H,8-11,13H2,1H3,(H,23,25). The highest BCUT2D eigenvalue weighted by Crippen LogP contribution is 2.25. The zero-order valence-electron chi connectivity index (χ0n) is 15.1. The molecule has 1 aliphatic rings. The Hall–Kier alpha value is -1.24. The number of hydrogen-bond donors (Lipinski definition) is 1. The van der Waals surface area contributed by atoms with Gasteiger partial charge in [-0.2, -0.15) is 0 Å². The second-order valence-corrected chi connectivity index (χ2v) is 7.99. The summed E-state index contributed by atoms with van der Waals surface area (Å²) in [7, 11) is 0. The summed E-state index contributed by atoms with van der Waals surface area (Å²) >= 11 is 13.9. The molecule has 4 nitrogen and oxygen atoms in total. The molecule has 0 spiro atoms. The number of nitrogens with one attached hydrogen (secondary N) is 1. The van der Waals surface area contributed by atoms with E-state index in [1.807, 2.05) is 42.7 Å². The third-order valence-electron chi connectivity index (χ3n) is 4.62. The first kappa shape index (κ1) is 20.5. The summed E-state index contributed by atoms with van der Waals surface area (Å²) in [5.74, 6) is -0.164. The first-order valence-electron chi connectivity index (χ1n) is 8.77. The largest absolute Gasteiger partial charge is 0.379 e. The highest BCUT2D eigenvalue weighted by Gasteiger charge is 2.24. The van der Waals surface area contributed by atoms with Crippen molar-refractivity contribution in [3.8, 4) is 0 Å². The van der Waals surface area contributed by atoms with Crippen LogP contribution in [0.3, 0.4) is 0 Å². The van der Waals surface area contributed by atoms with Gasteiger partial charge in [-0.25, -0.2) is 0 Å². The Balaban J connectivity index is 1.76. The summed E-state index contributed by atoms with van der Waals surface area (Å²) in [4.78, 5) is 16.1. The molecule has 0 saturated carbocycles. The molecular weight excluding hydrogens is 403 g/mol. The average molecular weight is 425 g/mol. The number of carbonyl (C=O) groups excluding carboxylic acids is 1. The monoisotopic (exact) mass is 424 g/mol. The second-order valence-electron chi connectivity index (χ2n) is 6.27. The van der Waals surface area contributed by atoms with Crippen molar-refractivity contribution in [2.24, 2.45) is 0 Å². The maximum Gasteiger partial charge on any atom is 0.252 e. The fraction of sp³-hybridized carbons (Fsp3) is 0.350. The van der Waals surface area contributed by atoms with Crippen molar-refractivity contribution in [3.63, 3.8) is 0 Å². The zero-order valence-corrected chi connectivity index (χ0v) is 17.4. The lowest BCUT2D eigenvalue weighted by Gasteiger charge is -2.35. The minimum Gasteiger partial charge on any atom is -0.379 e.